The van der Waals surface area contributed by atoms with Crippen LogP contribution in [0.5, 0.6) is 0 Å². The molecule has 34 heavy (non-hydrogen) atoms. The van der Waals surface area contributed by atoms with Crippen molar-refractivity contribution in [2.45, 2.75) is 19.8 Å². The molecule has 1 amide bonds. The summed E-state index contributed by atoms with van der Waals surface area (Å²) in [6, 6.07) is 23.1. The van der Waals surface area contributed by atoms with Crippen LogP contribution in [0.1, 0.15) is 28.8 Å². The maximum atomic E-state index is 13.2. The molecule has 0 unspecified atom stereocenters. The third-order valence-electron chi connectivity index (χ3n) is 7.02. The van der Waals surface area contributed by atoms with Gasteiger partial charge in [0.2, 0.25) is 0 Å². The van der Waals surface area contributed by atoms with E-state index in [0.29, 0.717) is 5.56 Å². The van der Waals surface area contributed by atoms with Crippen LogP contribution in [0.4, 0.5) is 17.1 Å². The number of rotatable bonds is 5. The normalized spacial score (nSPS) is 16.6. The standard InChI is InChI=1S/C29H34N4O/c1-22-7-5-9-25(19-22)29(34)30-27-21-24(11-12-28(27)33-17-15-31(2)16-18-33)23-8-6-10-26(20-23)32-13-3-4-14-32/h5-12,19-21H,3-4,13-18H2,1-2H3,(H,30,34). The highest BCUT2D eigenvalue weighted by Gasteiger charge is 2.20. The minimum absolute atomic E-state index is 0.0676. The molecular formula is C29H34N4O. The number of nitrogens with zero attached hydrogens (tertiary/aromatic N) is 3. The average Bonchev–Trinajstić information content (AvgIpc) is 3.40. The Bertz CT molecular complexity index is 1160. The fourth-order valence-electron chi connectivity index (χ4n) is 4.98. The van der Waals surface area contributed by atoms with Crippen molar-refractivity contribution >= 4 is 23.0 Å². The summed E-state index contributed by atoms with van der Waals surface area (Å²) >= 11 is 0. The molecule has 2 aliphatic heterocycles. The molecular weight excluding hydrogens is 420 g/mol. The zero-order chi connectivity index (χ0) is 23.5. The first kappa shape index (κ1) is 22.5. The Morgan fingerprint density at radius 3 is 2.26 bits per heavy atom. The van der Waals surface area contributed by atoms with E-state index in [4.69, 9.17) is 0 Å². The SMILES string of the molecule is Cc1cccc(C(=O)Nc2cc(-c3cccc(N4CCCC4)c3)ccc2N2CCN(C)CC2)c1. The van der Waals surface area contributed by atoms with Crippen LogP contribution in [0.15, 0.2) is 66.7 Å². The molecule has 0 spiro atoms. The molecule has 3 aromatic carbocycles. The largest absolute Gasteiger partial charge is 0.372 e. The van der Waals surface area contributed by atoms with Crippen molar-refractivity contribution in [2.24, 2.45) is 0 Å². The molecule has 5 heteroatoms. The van der Waals surface area contributed by atoms with Gasteiger partial charge in [0.15, 0.2) is 0 Å². The van der Waals surface area contributed by atoms with Gasteiger partial charge < -0.3 is 20.0 Å². The molecule has 5 nitrogen and oxygen atoms in total. The maximum Gasteiger partial charge on any atom is 0.255 e. The maximum absolute atomic E-state index is 13.2. The van der Waals surface area contributed by atoms with Crippen molar-refractivity contribution < 1.29 is 4.79 Å². The van der Waals surface area contributed by atoms with E-state index < -0.39 is 0 Å². The molecule has 0 radical (unpaired) electrons. The number of piperazine rings is 1. The molecule has 5 rings (SSSR count). The molecule has 3 aromatic rings. The van der Waals surface area contributed by atoms with E-state index in [1.165, 1.54) is 24.1 Å². The van der Waals surface area contributed by atoms with Gasteiger partial charge >= 0.3 is 0 Å². The van der Waals surface area contributed by atoms with Crippen LogP contribution >= 0.6 is 0 Å². The number of carbonyl (C=O) groups is 1. The summed E-state index contributed by atoms with van der Waals surface area (Å²) in [6.45, 7) is 8.21. The second kappa shape index (κ2) is 9.90. The minimum Gasteiger partial charge on any atom is -0.372 e. The van der Waals surface area contributed by atoms with Crippen LogP contribution in [0, 0.1) is 6.92 Å². The molecule has 0 aromatic heterocycles. The second-order valence-corrected chi connectivity index (χ2v) is 9.59. The smallest absolute Gasteiger partial charge is 0.255 e. The van der Waals surface area contributed by atoms with Crippen molar-refractivity contribution in [1.82, 2.24) is 4.90 Å². The third-order valence-corrected chi connectivity index (χ3v) is 7.02. The van der Waals surface area contributed by atoms with Crippen LogP contribution in [0.3, 0.4) is 0 Å². The van der Waals surface area contributed by atoms with Gasteiger partial charge in [-0.15, -0.1) is 0 Å². The quantitative estimate of drug-likeness (QED) is 0.570. The average molecular weight is 455 g/mol. The Morgan fingerprint density at radius 1 is 0.765 bits per heavy atom. The lowest BCUT2D eigenvalue weighted by atomic mass is 10.0. The van der Waals surface area contributed by atoms with Crippen LogP contribution in [-0.2, 0) is 0 Å². The molecule has 2 heterocycles. The van der Waals surface area contributed by atoms with Gasteiger partial charge in [-0.25, -0.2) is 0 Å². The summed E-state index contributed by atoms with van der Waals surface area (Å²) < 4.78 is 0. The molecule has 0 bridgehead atoms. The van der Waals surface area contributed by atoms with Gasteiger partial charge in [-0.1, -0.05) is 35.9 Å². The number of hydrogen-bond acceptors (Lipinski definition) is 4. The molecule has 176 valence electrons. The van der Waals surface area contributed by atoms with Gasteiger partial charge in [0.1, 0.15) is 0 Å². The summed E-state index contributed by atoms with van der Waals surface area (Å²) in [5, 5.41) is 3.24. The van der Waals surface area contributed by atoms with Gasteiger partial charge in [0, 0.05) is 50.5 Å². The van der Waals surface area contributed by atoms with Crippen molar-refractivity contribution in [1.29, 1.82) is 0 Å². The number of aryl methyl sites for hydroxylation is 1. The van der Waals surface area contributed by atoms with Crippen LogP contribution in [-0.4, -0.2) is 57.1 Å². The van der Waals surface area contributed by atoms with E-state index in [9.17, 15) is 4.79 Å². The first-order valence-corrected chi connectivity index (χ1v) is 12.4. The van der Waals surface area contributed by atoms with Crippen LogP contribution in [0.25, 0.3) is 11.1 Å². The molecule has 2 saturated heterocycles. The van der Waals surface area contributed by atoms with Crippen molar-refractivity contribution in [2.75, 3.05) is 61.4 Å². The van der Waals surface area contributed by atoms with E-state index in [2.05, 4.69) is 69.5 Å². The van der Waals surface area contributed by atoms with Gasteiger partial charge in [0.05, 0.1) is 11.4 Å². The minimum atomic E-state index is -0.0676. The van der Waals surface area contributed by atoms with Crippen LogP contribution in [0.2, 0.25) is 0 Å². The Hall–Kier alpha value is -3.31. The molecule has 0 aliphatic carbocycles. The number of anilines is 3. The Balaban J connectivity index is 1.48. The monoisotopic (exact) mass is 454 g/mol. The van der Waals surface area contributed by atoms with Gasteiger partial charge in [-0.05, 0) is 74.3 Å². The number of amides is 1. The predicted octanol–water partition coefficient (Wildman–Crippen LogP) is 5.27. The highest BCUT2D eigenvalue weighted by molar-refractivity contribution is 6.06. The summed E-state index contributed by atoms with van der Waals surface area (Å²) in [6.07, 6.45) is 2.53. The molecule has 2 fully saturated rings. The van der Waals surface area contributed by atoms with E-state index in [0.717, 1.165) is 61.8 Å². The van der Waals surface area contributed by atoms with Gasteiger partial charge in [-0.3, -0.25) is 4.79 Å². The first-order valence-electron chi connectivity index (χ1n) is 12.4. The van der Waals surface area contributed by atoms with Crippen molar-refractivity contribution in [3.63, 3.8) is 0 Å². The number of benzene rings is 3. The van der Waals surface area contributed by atoms with E-state index in [-0.39, 0.29) is 5.91 Å². The molecule has 0 saturated carbocycles. The number of nitrogens with one attached hydrogen (secondary N) is 1. The molecule has 1 N–H and O–H groups in total. The topological polar surface area (TPSA) is 38.8 Å². The Kier molecular flexibility index (Phi) is 6.54. The zero-order valence-corrected chi connectivity index (χ0v) is 20.3. The lowest BCUT2D eigenvalue weighted by molar-refractivity contribution is 0.102. The Morgan fingerprint density at radius 2 is 1.50 bits per heavy atom. The van der Waals surface area contributed by atoms with E-state index >= 15 is 0 Å². The summed E-state index contributed by atoms with van der Waals surface area (Å²) in [5.41, 5.74) is 7.32. The lowest BCUT2D eigenvalue weighted by Gasteiger charge is -2.35. The Labute approximate surface area is 203 Å². The summed E-state index contributed by atoms with van der Waals surface area (Å²) in [7, 11) is 2.16. The fourth-order valence-corrected chi connectivity index (χ4v) is 4.98. The number of hydrogen-bond donors (Lipinski definition) is 1. The molecule has 0 atom stereocenters. The summed E-state index contributed by atoms with van der Waals surface area (Å²) in [5.74, 6) is -0.0676. The number of likely N-dealkylation sites (N-methyl/N-ethyl adjacent to an activating group) is 1. The first-order chi connectivity index (χ1) is 16.6. The second-order valence-electron chi connectivity index (χ2n) is 9.59. The molecule has 2 aliphatic rings. The van der Waals surface area contributed by atoms with Gasteiger partial charge in [0.25, 0.3) is 5.91 Å². The zero-order valence-electron chi connectivity index (χ0n) is 20.3. The highest BCUT2D eigenvalue weighted by atomic mass is 16.1. The number of carbonyl (C=O) groups excluding carboxylic acids is 1. The van der Waals surface area contributed by atoms with Crippen LogP contribution < -0.4 is 15.1 Å². The lowest BCUT2D eigenvalue weighted by Crippen LogP contribution is -2.44. The van der Waals surface area contributed by atoms with Gasteiger partial charge in [-0.2, -0.15) is 0 Å². The third kappa shape index (κ3) is 4.95. The fraction of sp³-hybridized carbons (Fsp3) is 0.345. The van der Waals surface area contributed by atoms with Crippen molar-refractivity contribution in [3.8, 4) is 11.1 Å². The van der Waals surface area contributed by atoms with E-state index in [1.807, 2.05) is 31.2 Å². The van der Waals surface area contributed by atoms with Crippen molar-refractivity contribution in [3.05, 3.63) is 77.9 Å². The highest BCUT2D eigenvalue weighted by Crippen LogP contribution is 2.34. The van der Waals surface area contributed by atoms with E-state index in [1.54, 1.807) is 0 Å². The summed E-state index contributed by atoms with van der Waals surface area (Å²) in [4.78, 5) is 20.4. The predicted molar refractivity (Wildman–Crippen MR) is 142 cm³/mol.